The molecule has 0 atom stereocenters. The van der Waals surface area contributed by atoms with Crippen molar-refractivity contribution in [1.29, 1.82) is 0 Å². The third kappa shape index (κ3) is 3.05. The maximum atomic E-state index is 8.85. The Morgan fingerprint density at radius 2 is 1.68 bits per heavy atom. The number of hydrogen-bond donors (Lipinski definition) is 4. The molecule has 1 aliphatic rings. The predicted molar refractivity (Wildman–Crippen MR) is 103 cm³/mol. The van der Waals surface area contributed by atoms with E-state index < -0.39 is 0 Å². The second-order valence-corrected chi connectivity index (χ2v) is 6.06. The van der Waals surface area contributed by atoms with Crippen molar-refractivity contribution in [2.24, 2.45) is 0 Å². The lowest BCUT2D eigenvalue weighted by Crippen LogP contribution is -2.47. The van der Waals surface area contributed by atoms with Crippen molar-refractivity contribution in [3.63, 3.8) is 0 Å². The molecule has 0 aliphatic carbocycles. The Hall–Kier alpha value is -2.60. The van der Waals surface area contributed by atoms with Crippen molar-refractivity contribution in [2.45, 2.75) is 0 Å². The topological polar surface area (TPSA) is 59.6 Å². The Balaban J connectivity index is 1.67. The Labute approximate surface area is 147 Å². The summed E-state index contributed by atoms with van der Waals surface area (Å²) in [5.41, 5.74) is 11.6. The first-order chi connectivity index (χ1) is 12.4. The van der Waals surface area contributed by atoms with E-state index in [4.69, 9.17) is 5.11 Å². The van der Waals surface area contributed by atoms with Gasteiger partial charge in [0, 0.05) is 36.1 Å². The molecule has 0 fully saturated rings. The second kappa shape index (κ2) is 7.11. The summed E-state index contributed by atoms with van der Waals surface area (Å²) in [5.74, 6) is 0. The van der Waals surface area contributed by atoms with Crippen molar-refractivity contribution < 1.29 is 5.11 Å². The van der Waals surface area contributed by atoms with E-state index in [2.05, 4.69) is 70.8 Å². The molecular weight excluding hydrogens is 312 g/mol. The average Bonchev–Trinajstić information content (AvgIpc) is 2.67. The van der Waals surface area contributed by atoms with Crippen molar-refractivity contribution in [3.05, 3.63) is 60.7 Å². The van der Waals surface area contributed by atoms with Crippen LogP contribution in [-0.2, 0) is 0 Å². The summed E-state index contributed by atoms with van der Waals surface area (Å²) in [4.78, 5) is 0. The SMILES string of the molecule is OCCNCCNN1Nc2c(ccc3ccccc23)-c2ccccc21. The monoisotopic (exact) mass is 334 g/mol. The normalized spacial score (nSPS) is 12.6. The van der Waals surface area contributed by atoms with Crippen LogP contribution in [0.15, 0.2) is 60.7 Å². The zero-order valence-electron chi connectivity index (χ0n) is 14.0. The summed E-state index contributed by atoms with van der Waals surface area (Å²) >= 11 is 0. The number of anilines is 2. The molecule has 0 radical (unpaired) electrons. The van der Waals surface area contributed by atoms with Crippen LogP contribution in [0.25, 0.3) is 21.9 Å². The molecule has 25 heavy (non-hydrogen) atoms. The molecule has 0 aromatic heterocycles. The Kier molecular flexibility index (Phi) is 4.52. The largest absolute Gasteiger partial charge is 0.395 e. The highest BCUT2D eigenvalue weighted by molar-refractivity contribution is 6.05. The van der Waals surface area contributed by atoms with Gasteiger partial charge >= 0.3 is 0 Å². The lowest BCUT2D eigenvalue weighted by atomic mass is 9.96. The molecule has 1 aliphatic heterocycles. The van der Waals surface area contributed by atoms with E-state index in [-0.39, 0.29) is 6.61 Å². The minimum absolute atomic E-state index is 0.157. The maximum Gasteiger partial charge on any atom is 0.0835 e. The molecule has 0 saturated heterocycles. The minimum atomic E-state index is 0.157. The molecule has 0 amide bonds. The number of nitrogens with one attached hydrogen (secondary N) is 3. The van der Waals surface area contributed by atoms with Gasteiger partial charge in [-0.3, -0.25) is 5.43 Å². The highest BCUT2D eigenvalue weighted by Gasteiger charge is 2.22. The lowest BCUT2D eigenvalue weighted by molar-refractivity contribution is 0.292. The van der Waals surface area contributed by atoms with Crippen LogP contribution >= 0.6 is 0 Å². The standard InChI is InChI=1S/C20H22N4O/c25-14-13-21-11-12-22-24-19-8-4-3-7-17(19)18-10-9-15-5-1-2-6-16(15)20(18)23-24/h1-10,21-23,25H,11-14H2. The Bertz CT molecular complexity index is 880. The number of rotatable bonds is 6. The van der Waals surface area contributed by atoms with Crippen molar-refractivity contribution >= 4 is 22.1 Å². The summed E-state index contributed by atoms with van der Waals surface area (Å²) < 4.78 is 0. The van der Waals surface area contributed by atoms with E-state index in [0.29, 0.717) is 6.54 Å². The van der Waals surface area contributed by atoms with Crippen LogP contribution in [0.1, 0.15) is 0 Å². The minimum Gasteiger partial charge on any atom is -0.395 e. The molecule has 5 nitrogen and oxygen atoms in total. The van der Waals surface area contributed by atoms with E-state index in [1.807, 2.05) is 11.2 Å². The van der Waals surface area contributed by atoms with Crippen LogP contribution < -0.4 is 21.3 Å². The molecule has 0 spiro atoms. The highest BCUT2D eigenvalue weighted by Crippen LogP contribution is 2.42. The summed E-state index contributed by atoms with van der Waals surface area (Å²) in [7, 11) is 0. The molecule has 128 valence electrons. The third-order valence-corrected chi connectivity index (χ3v) is 4.45. The van der Waals surface area contributed by atoms with E-state index in [9.17, 15) is 0 Å². The van der Waals surface area contributed by atoms with Crippen molar-refractivity contribution in [1.82, 2.24) is 10.7 Å². The van der Waals surface area contributed by atoms with Gasteiger partial charge in [-0.2, -0.15) is 0 Å². The van der Waals surface area contributed by atoms with Gasteiger partial charge < -0.3 is 10.4 Å². The number of aliphatic hydroxyl groups excluding tert-OH is 1. The predicted octanol–water partition coefficient (Wildman–Crippen LogP) is 2.74. The van der Waals surface area contributed by atoms with Gasteiger partial charge in [0.25, 0.3) is 0 Å². The maximum absolute atomic E-state index is 8.85. The molecular formula is C20H22N4O. The van der Waals surface area contributed by atoms with Crippen molar-refractivity contribution in [3.8, 4) is 11.1 Å². The Morgan fingerprint density at radius 1 is 0.840 bits per heavy atom. The van der Waals surface area contributed by atoms with Crippen LogP contribution in [0, 0.1) is 0 Å². The number of benzene rings is 3. The zero-order chi connectivity index (χ0) is 17.1. The van der Waals surface area contributed by atoms with Gasteiger partial charge in [0.2, 0.25) is 0 Å². The fourth-order valence-electron chi connectivity index (χ4n) is 3.27. The number of nitrogens with zero attached hydrogens (tertiary/aromatic N) is 1. The first-order valence-corrected chi connectivity index (χ1v) is 8.61. The fourth-order valence-corrected chi connectivity index (χ4v) is 3.27. The summed E-state index contributed by atoms with van der Waals surface area (Å²) in [6.07, 6.45) is 0. The molecule has 3 aromatic carbocycles. The van der Waals surface area contributed by atoms with Gasteiger partial charge in [0.15, 0.2) is 0 Å². The summed E-state index contributed by atoms with van der Waals surface area (Å²) in [5, 5.41) is 16.4. The number of fused-ring (bicyclic) bond motifs is 5. The molecule has 4 rings (SSSR count). The van der Waals surface area contributed by atoms with Crippen LogP contribution in [0.5, 0.6) is 0 Å². The van der Waals surface area contributed by atoms with E-state index in [1.54, 1.807) is 0 Å². The first-order valence-electron chi connectivity index (χ1n) is 8.61. The molecule has 0 unspecified atom stereocenters. The smallest absolute Gasteiger partial charge is 0.0835 e. The van der Waals surface area contributed by atoms with Gasteiger partial charge in [0.1, 0.15) is 0 Å². The third-order valence-electron chi connectivity index (χ3n) is 4.45. The molecule has 1 heterocycles. The second-order valence-electron chi connectivity index (χ2n) is 6.06. The number of hydrazine groups is 2. The fraction of sp³-hybridized carbons (Fsp3) is 0.200. The number of hydrogen-bond acceptors (Lipinski definition) is 5. The molecule has 5 heteroatoms. The summed E-state index contributed by atoms with van der Waals surface area (Å²) in [6, 6.07) is 21.2. The summed E-state index contributed by atoms with van der Waals surface area (Å²) in [6.45, 7) is 2.30. The van der Waals surface area contributed by atoms with Crippen LogP contribution in [0.3, 0.4) is 0 Å². The molecule has 0 bridgehead atoms. The molecule has 4 N–H and O–H groups in total. The van der Waals surface area contributed by atoms with Crippen LogP contribution in [-0.4, -0.2) is 31.3 Å². The van der Waals surface area contributed by atoms with E-state index in [0.717, 1.165) is 24.5 Å². The lowest BCUT2D eigenvalue weighted by Gasteiger charge is -2.34. The highest BCUT2D eigenvalue weighted by atomic mass is 16.3. The average molecular weight is 334 g/mol. The van der Waals surface area contributed by atoms with Crippen molar-refractivity contribution in [2.75, 3.05) is 36.8 Å². The van der Waals surface area contributed by atoms with E-state index in [1.165, 1.54) is 21.9 Å². The van der Waals surface area contributed by atoms with Gasteiger partial charge in [-0.25, -0.2) is 10.5 Å². The van der Waals surface area contributed by atoms with E-state index >= 15 is 0 Å². The molecule has 0 saturated carbocycles. The number of aliphatic hydroxyl groups is 1. The van der Waals surface area contributed by atoms with Gasteiger partial charge in [-0.15, -0.1) is 0 Å². The van der Waals surface area contributed by atoms with Gasteiger partial charge in [-0.05, 0) is 11.5 Å². The quantitative estimate of drug-likeness (QED) is 0.522. The molecule has 3 aromatic rings. The van der Waals surface area contributed by atoms with Gasteiger partial charge in [-0.1, -0.05) is 54.6 Å². The Morgan fingerprint density at radius 3 is 2.60 bits per heavy atom. The number of para-hydroxylation sites is 1. The van der Waals surface area contributed by atoms with Crippen LogP contribution in [0.4, 0.5) is 11.4 Å². The zero-order valence-corrected chi connectivity index (χ0v) is 14.0. The van der Waals surface area contributed by atoms with Gasteiger partial charge in [0.05, 0.1) is 18.0 Å². The van der Waals surface area contributed by atoms with Crippen LogP contribution in [0.2, 0.25) is 0 Å². The first kappa shape index (κ1) is 15.9.